The van der Waals surface area contributed by atoms with Crippen molar-refractivity contribution in [1.82, 2.24) is 10.6 Å². The maximum atomic E-state index is 12.0. The van der Waals surface area contributed by atoms with Crippen LogP contribution in [0.4, 0.5) is 0 Å². The van der Waals surface area contributed by atoms with Crippen LogP contribution < -0.4 is 10.6 Å². The van der Waals surface area contributed by atoms with Gasteiger partial charge in [0.1, 0.15) is 0 Å². The van der Waals surface area contributed by atoms with Gasteiger partial charge >= 0.3 is 5.97 Å². The first-order chi connectivity index (χ1) is 8.68. The molecule has 0 aliphatic carbocycles. The molecule has 18 heavy (non-hydrogen) atoms. The molecule has 1 heterocycles. The minimum absolute atomic E-state index is 0.0481. The van der Waals surface area contributed by atoms with Gasteiger partial charge in [-0.2, -0.15) is 0 Å². The van der Waals surface area contributed by atoms with Gasteiger partial charge in [-0.1, -0.05) is 24.3 Å². The van der Waals surface area contributed by atoms with Gasteiger partial charge in [0.25, 0.3) is 0 Å². The Morgan fingerprint density at radius 1 is 1.39 bits per heavy atom. The Morgan fingerprint density at radius 2 is 2.17 bits per heavy atom. The summed E-state index contributed by atoms with van der Waals surface area (Å²) in [5.41, 5.74) is 2.16. The van der Waals surface area contributed by atoms with Crippen LogP contribution in [0.25, 0.3) is 0 Å². The molecule has 1 unspecified atom stereocenters. The van der Waals surface area contributed by atoms with E-state index in [0.29, 0.717) is 6.54 Å². The highest BCUT2D eigenvalue weighted by molar-refractivity contribution is 5.85. The van der Waals surface area contributed by atoms with Crippen LogP contribution in [0.15, 0.2) is 24.3 Å². The fourth-order valence-corrected chi connectivity index (χ4v) is 2.15. The number of hydrogen-bond acceptors (Lipinski definition) is 3. The molecule has 0 radical (unpaired) electrons. The Labute approximate surface area is 105 Å². The highest BCUT2D eigenvalue weighted by atomic mass is 16.4. The van der Waals surface area contributed by atoms with E-state index in [-0.39, 0.29) is 24.8 Å². The minimum atomic E-state index is -0.905. The summed E-state index contributed by atoms with van der Waals surface area (Å²) in [6.07, 6.45) is -0.0481. The van der Waals surface area contributed by atoms with Gasteiger partial charge in [-0.05, 0) is 11.1 Å². The number of benzene rings is 1. The molecule has 1 aliphatic rings. The van der Waals surface area contributed by atoms with Crippen molar-refractivity contribution in [1.29, 1.82) is 0 Å². The fraction of sp³-hybridized carbons (Fsp3) is 0.385. The van der Waals surface area contributed by atoms with E-state index in [1.165, 1.54) is 0 Å². The van der Waals surface area contributed by atoms with E-state index in [1.807, 2.05) is 24.3 Å². The van der Waals surface area contributed by atoms with Crippen LogP contribution in [0.2, 0.25) is 0 Å². The van der Waals surface area contributed by atoms with E-state index in [1.54, 1.807) is 0 Å². The molecule has 0 aromatic heterocycles. The fourth-order valence-electron chi connectivity index (χ4n) is 2.15. The molecule has 1 aromatic rings. The number of aliphatic carboxylic acids is 1. The molecule has 1 aromatic carbocycles. The second-order valence-corrected chi connectivity index (χ2v) is 4.32. The monoisotopic (exact) mass is 248 g/mol. The van der Waals surface area contributed by atoms with Crippen molar-refractivity contribution in [2.75, 3.05) is 13.1 Å². The third-order valence-corrected chi connectivity index (χ3v) is 3.05. The molecule has 0 fully saturated rings. The van der Waals surface area contributed by atoms with Gasteiger partial charge in [-0.15, -0.1) is 0 Å². The Balaban J connectivity index is 2.01. The quantitative estimate of drug-likeness (QED) is 0.723. The maximum Gasteiger partial charge on any atom is 0.305 e. The molecule has 0 saturated heterocycles. The molecule has 1 aliphatic heterocycles. The highest BCUT2D eigenvalue weighted by Gasteiger charge is 2.25. The van der Waals surface area contributed by atoms with Gasteiger partial charge < -0.3 is 15.7 Å². The van der Waals surface area contributed by atoms with E-state index in [2.05, 4.69) is 10.6 Å². The van der Waals surface area contributed by atoms with E-state index in [4.69, 9.17) is 5.11 Å². The number of carboxylic acids is 1. The van der Waals surface area contributed by atoms with Gasteiger partial charge in [-0.3, -0.25) is 9.59 Å². The first-order valence-corrected chi connectivity index (χ1v) is 5.96. The van der Waals surface area contributed by atoms with Crippen LogP contribution in [0, 0.1) is 0 Å². The largest absolute Gasteiger partial charge is 0.481 e. The number of carbonyl (C=O) groups is 2. The SMILES string of the molecule is O=C(O)CCNC(=O)C1CNCc2ccccc21. The van der Waals surface area contributed by atoms with Crippen molar-refractivity contribution in [3.63, 3.8) is 0 Å². The normalized spacial score (nSPS) is 17.9. The number of nitrogens with one attached hydrogen (secondary N) is 2. The van der Waals surface area contributed by atoms with Crippen LogP contribution in [0.3, 0.4) is 0 Å². The number of hydrogen-bond donors (Lipinski definition) is 3. The number of carbonyl (C=O) groups excluding carboxylic acids is 1. The van der Waals surface area contributed by atoms with E-state index in [9.17, 15) is 9.59 Å². The summed E-state index contributed by atoms with van der Waals surface area (Å²) in [5.74, 6) is -1.25. The molecular weight excluding hydrogens is 232 g/mol. The van der Waals surface area contributed by atoms with Crippen LogP contribution in [0.1, 0.15) is 23.5 Å². The van der Waals surface area contributed by atoms with Crippen molar-refractivity contribution in [3.8, 4) is 0 Å². The van der Waals surface area contributed by atoms with Crippen molar-refractivity contribution in [2.24, 2.45) is 0 Å². The standard InChI is InChI=1S/C13H16N2O3/c16-12(17)5-6-15-13(18)11-8-14-7-9-3-1-2-4-10(9)11/h1-4,11,14H,5-8H2,(H,15,18)(H,16,17). The lowest BCUT2D eigenvalue weighted by Crippen LogP contribution is -2.39. The summed E-state index contributed by atoms with van der Waals surface area (Å²) < 4.78 is 0. The van der Waals surface area contributed by atoms with E-state index in [0.717, 1.165) is 17.7 Å². The zero-order valence-corrected chi connectivity index (χ0v) is 9.98. The molecule has 5 heteroatoms. The van der Waals surface area contributed by atoms with Crippen molar-refractivity contribution in [2.45, 2.75) is 18.9 Å². The molecule has 5 nitrogen and oxygen atoms in total. The summed E-state index contributed by atoms with van der Waals surface area (Å²) in [4.78, 5) is 22.4. The number of rotatable bonds is 4. The Hall–Kier alpha value is -1.88. The first-order valence-electron chi connectivity index (χ1n) is 5.96. The molecule has 1 atom stereocenters. The summed E-state index contributed by atoms with van der Waals surface area (Å²) in [6, 6.07) is 7.82. The Kier molecular flexibility index (Phi) is 3.94. The molecule has 3 N–H and O–H groups in total. The highest BCUT2D eigenvalue weighted by Crippen LogP contribution is 2.23. The summed E-state index contributed by atoms with van der Waals surface area (Å²) in [7, 11) is 0. The predicted octanol–water partition coefficient (Wildman–Crippen LogP) is 0.464. The molecular formula is C13H16N2O3. The maximum absolute atomic E-state index is 12.0. The minimum Gasteiger partial charge on any atom is -0.481 e. The molecule has 0 saturated carbocycles. The van der Waals surface area contributed by atoms with Gasteiger partial charge in [0, 0.05) is 19.6 Å². The smallest absolute Gasteiger partial charge is 0.305 e. The van der Waals surface area contributed by atoms with Crippen LogP contribution >= 0.6 is 0 Å². The molecule has 96 valence electrons. The Bertz CT molecular complexity index is 459. The number of fused-ring (bicyclic) bond motifs is 1. The van der Waals surface area contributed by atoms with E-state index < -0.39 is 5.97 Å². The lowest BCUT2D eigenvalue weighted by molar-refractivity contribution is -0.136. The third kappa shape index (κ3) is 2.87. The average Bonchev–Trinajstić information content (AvgIpc) is 2.37. The summed E-state index contributed by atoms with van der Waals surface area (Å²) in [5, 5.41) is 14.4. The summed E-state index contributed by atoms with van der Waals surface area (Å²) >= 11 is 0. The van der Waals surface area contributed by atoms with E-state index >= 15 is 0 Å². The first kappa shape index (κ1) is 12.6. The molecule has 1 amide bonds. The molecule has 2 rings (SSSR count). The number of carboxylic acid groups (broad SMARTS) is 1. The molecule has 0 bridgehead atoms. The second-order valence-electron chi connectivity index (χ2n) is 4.32. The van der Waals surface area contributed by atoms with Gasteiger partial charge in [0.05, 0.1) is 12.3 Å². The zero-order chi connectivity index (χ0) is 13.0. The van der Waals surface area contributed by atoms with Crippen LogP contribution in [-0.4, -0.2) is 30.1 Å². The lowest BCUT2D eigenvalue weighted by Gasteiger charge is -2.25. The second kappa shape index (κ2) is 5.64. The van der Waals surface area contributed by atoms with Crippen molar-refractivity contribution in [3.05, 3.63) is 35.4 Å². The topological polar surface area (TPSA) is 78.4 Å². The van der Waals surface area contributed by atoms with Crippen molar-refractivity contribution < 1.29 is 14.7 Å². The van der Waals surface area contributed by atoms with Crippen molar-refractivity contribution >= 4 is 11.9 Å². The Morgan fingerprint density at radius 3 is 2.94 bits per heavy atom. The van der Waals surface area contributed by atoms with Gasteiger partial charge in [0.15, 0.2) is 0 Å². The van der Waals surface area contributed by atoms with Gasteiger partial charge in [0.2, 0.25) is 5.91 Å². The lowest BCUT2D eigenvalue weighted by atomic mass is 9.90. The predicted molar refractivity (Wildman–Crippen MR) is 66.2 cm³/mol. The zero-order valence-electron chi connectivity index (χ0n) is 9.98. The number of amides is 1. The van der Waals surface area contributed by atoms with Crippen LogP contribution in [-0.2, 0) is 16.1 Å². The third-order valence-electron chi connectivity index (χ3n) is 3.05. The van der Waals surface area contributed by atoms with Crippen LogP contribution in [0.5, 0.6) is 0 Å². The molecule has 0 spiro atoms. The van der Waals surface area contributed by atoms with Gasteiger partial charge in [-0.25, -0.2) is 0 Å². The summed E-state index contributed by atoms with van der Waals surface area (Å²) in [6.45, 7) is 1.54. The average molecular weight is 248 g/mol.